The van der Waals surface area contributed by atoms with Gasteiger partial charge in [0.25, 0.3) is 0 Å². The Hall–Kier alpha value is -7.67. The van der Waals surface area contributed by atoms with Gasteiger partial charge in [-0.25, -0.2) is 44.9 Å². The molecule has 0 atom stereocenters. The van der Waals surface area contributed by atoms with Crippen molar-refractivity contribution in [2.75, 3.05) is 4.90 Å². The molecule has 0 aliphatic heterocycles. The summed E-state index contributed by atoms with van der Waals surface area (Å²) >= 11 is 0. The predicted octanol–water partition coefficient (Wildman–Crippen LogP) is 7.08. The van der Waals surface area contributed by atoms with Crippen LogP contribution in [0.25, 0.3) is 52.0 Å². The van der Waals surface area contributed by atoms with Crippen LogP contribution in [0.1, 0.15) is 0 Å². The fourth-order valence-corrected chi connectivity index (χ4v) is 6.01. The molecule has 13 heteroatoms. The van der Waals surface area contributed by atoms with Crippen molar-refractivity contribution in [3.05, 3.63) is 165 Å². The van der Waals surface area contributed by atoms with Gasteiger partial charge in [0.15, 0.2) is 0 Å². The molecule has 6 heterocycles. The molecule has 0 aliphatic carbocycles. The van der Waals surface area contributed by atoms with Crippen molar-refractivity contribution in [3.8, 4) is 52.0 Å². The van der Waals surface area contributed by atoms with E-state index in [0.29, 0.717) is 17.8 Å². The third-order valence-electron chi connectivity index (χ3n) is 8.38. The molecule has 13 nitrogen and oxygen atoms in total. The molecule has 0 unspecified atom stereocenters. The largest absolute Gasteiger partial charge is 0.311 e. The molecule has 0 spiro atoms. The van der Waals surface area contributed by atoms with Crippen LogP contribution < -0.4 is 4.90 Å². The minimum Gasteiger partial charge on any atom is -0.311 e. The van der Waals surface area contributed by atoms with Gasteiger partial charge in [0, 0.05) is 108 Å². The molecule has 248 valence electrons. The van der Waals surface area contributed by atoms with E-state index >= 15 is 0 Å². The molecular weight excluding hydrogens is 651 g/mol. The van der Waals surface area contributed by atoms with Crippen LogP contribution in [0.4, 0.5) is 17.1 Å². The summed E-state index contributed by atoms with van der Waals surface area (Å²) < 4.78 is 5.62. The Bertz CT molecular complexity index is 2260. The van der Waals surface area contributed by atoms with E-state index in [0.717, 1.165) is 51.2 Å². The maximum absolute atomic E-state index is 4.62. The SMILES string of the molecule is c1cnc(-n2ccnc2-c2ccc(N(c3ccc(-c4nccn4-c4ncccn4)cc3)c3ccc(-c4nccn4-c4ncccn4)cc3)cc2)nc1. The number of imidazole rings is 3. The molecule has 9 rings (SSSR count). The Morgan fingerprint density at radius 3 is 0.846 bits per heavy atom. The number of nitrogens with zero attached hydrogens (tertiary/aromatic N) is 13. The number of hydrogen-bond acceptors (Lipinski definition) is 10. The van der Waals surface area contributed by atoms with Gasteiger partial charge >= 0.3 is 0 Å². The first kappa shape index (κ1) is 30.4. The van der Waals surface area contributed by atoms with Crippen LogP contribution >= 0.6 is 0 Å². The quantitative estimate of drug-likeness (QED) is 0.156. The second-order valence-electron chi connectivity index (χ2n) is 11.5. The Morgan fingerprint density at radius 1 is 0.308 bits per heavy atom. The molecule has 3 aromatic carbocycles. The molecule has 0 saturated heterocycles. The van der Waals surface area contributed by atoms with Gasteiger partial charge in [0.05, 0.1) is 0 Å². The highest BCUT2D eigenvalue weighted by Crippen LogP contribution is 2.37. The summed E-state index contributed by atoms with van der Waals surface area (Å²) in [6, 6.07) is 30.2. The molecule has 0 amide bonds. The zero-order valence-corrected chi connectivity index (χ0v) is 27.4. The lowest BCUT2D eigenvalue weighted by Gasteiger charge is -2.26. The Morgan fingerprint density at radius 2 is 0.577 bits per heavy atom. The van der Waals surface area contributed by atoms with Gasteiger partial charge < -0.3 is 4.90 Å². The molecule has 6 aromatic heterocycles. The summed E-state index contributed by atoms with van der Waals surface area (Å²) in [5.41, 5.74) is 5.65. The lowest BCUT2D eigenvalue weighted by molar-refractivity contribution is 0.933. The van der Waals surface area contributed by atoms with Crippen molar-refractivity contribution in [2.24, 2.45) is 0 Å². The number of rotatable bonds is 9. The van der Waals surface area contributed by atoms with Crippen LogP contribution in [0.2, 0.25) is 0 Å². The number of anilines is 3. The lowest BCUT2D eigenvalue weighted by Crippen LogP contribution is -2.10. The third kappa shape index (κ3) is 5.73. The maximum atomic E-state index is 4.62. The number of hydrogen-bond donors (Lipinski definition) is 0. The number of aromatic nitrogens is 12. The second kappa shape index (κ2) is 13.3. The van der Waals surface area contributed by atoms with E-state index in [4.69, 9.17) is 0 Å². The fraction of sp³-hybridized carbons (Fsp3) is 0. The van der Waals surface area contributed by atoms with Gasteiger partial charge in [-0.1, -0.05) is 0 Å². The van der Waals surface area contributed by atoms with Crippen molar-refractivity contribution in [1.29, 1.82) is 0 Å². The summed E-state index contributed by atoms with van der Waals surface area (Å²) in [5, 5.41) is 0. The normalized spacial score (nSPS) is 11.1. The van der Waals surface area contributed by atoms with E-state index in [9.17, 15) is 0 Å². The van der Waals surface area contributed by atoms with E-state index in [2.05, 4.69) is 123 Å². The van der Waals surface area contributed by atoms with Crippen LogP contribution in [0.3, 0.4) is 0 Å². The zero-order chi connectivity index (χ0) is 34.7. The monoisotopic (exact) mass is 677 g/mol. The van der Waals surface area contributed by atoms with Crippen molar-refractivity contribution in [2.45, 2.75) is 0 Å². The van der Waals surface area contributed by atoms with Gasteiger partial charge in [0.2, 0.25) is 17.8 Å². The van der Waals surface area contributed by atoms with Crippen LogP contribution in [-0.4, -0.2) is 58.6 Å². The predicted molar refractivity (Wildman–Crippen MR) is 196 cm³/mol. The highest BCUT2D eigenvalue weighted by Gasteiger charge is 2.17. The van der Waals surface area contributed by atoms with E-state index in [1.807, 2.05) is 32.3 Å². The molecular formula is C39H27N13. The highest BCUT2D eigenvalue weighted by atomic mass is 15.2. The van der Waals surface area contributed by atoms with Crippen LogP contribution in [0.5, 0.6) is 0 Å². The Kier molecular flexibility index (Phi) is 7.79. The van der Waals surface area contributed by atoms with Crippen molar-refractivity contribution >= 4 is 17.1 Å². The molecule has 0 saturated carbocycles. The van der Waals surface area contributed by atoms with Gasteiger partial charge in [-0.15, -0.1) is 0 Å². The average Bonchev–Trinajstić information content (AvgIpc) is 4.02. The highest BCUT2D eigenvalue weighted by molar-refractivity contribution is 5.80. The first-order valence-electron chi connectivity index (χ1n) is 16.3. The van der Waals surface area contributed by atoms with Crippen LogP contribution in [-0.2, 0) is 0 Å². The maximum Gasteiger partial charge on any atom is 0.235 e. The van der Waals surface area contributed by atoms with E-state index < -0.39 is 0 Å². The smallest absolute Gasteiger partial charge is 0.235 e. The summed E-state index contributed by atoms with van der Waals surface area (Å²) in [6.07, 6.45) is 21.1. The Balaban J connectivity index is 1.09. The molecule has 0 aliphatic rings. The zero-order valence-electron chi connectivity index (χ0n) is 27.4. The van der Waals surface area contributed by atoms with Crippen LogP contribution in [0, 0.1) is 0 Å². The summed E-state index contributed by atoms with van der Waals surface area (Å²) in [6.45, 7) is 0. The van der Waals surface area contributed by atoms with Gasteiger partial charge in [-0.05, 0) is 91.0 Å². The van der Waals surface area contributed by atoms with Crippen molar-refractivity contribution < 1.29 is 0 Å². The van der Waals surface area contributed by atoms with Gasteiger partial charge in [-0.2, -0.15) is 0 Å². The van der Waals surface area contributed by atoms with Gasteiger partial charge in [-0.3, -0.25) is 13.7 Å². The molecule has 0 radical (unpaired) electrons. The molecule has 9 aromatic rings. The summed E-state index contributed by atoms with van der Waals surface area (Å²) in [4.78, 5) is 42.5. The Labute approximate surface area is 297 Å². The van der Waals surface area contributed by atoms with E-state index in [1.165, 1.54) is 0 Å². The molecule has 52 heavy (non-hydrogen) atoms. The lowest BCUT2D eigenvalue weighted by atomic mass is 10.1. The fourth-order valence-electron chi connectivity index (χ4n) is 6.01. The van der Waals surface area contributed by atoms with Gasteiger partial charge in [0.1, 0.15) is 17.5 Å². The first-order valence-corrected chi connectivity index (χ1v) is 16.3. The molecule has 0 N–H and O–H groups in total. The van der Waals surface area contributed by atoms with E-state index in [1.54, 1.807) is 74.0 Å². The average molecular weight is 678 g/mol. The summed E-state index contributed by atoms with van der Waals surface area (Å²) in [7, 11) is 0. The van der Waals surface area contributed by atoms with Crippen molar-refractivity contribution in [3.63, 3.8) is 0 Å². The topological polar surface area (TPSA) is 134 Å². The molecule has 0 bridgehead atoms. The van der Waals surface area contributed by atoms with Crippen molar-refractivity contribution in [1.82, 2.24) is 58.6 Å². The first-order chi connectivity index (χ1) is 25.8. The molecule has 0 fully saturated rings. The van der Waals surface area contributed by atoms with E-state index in [-0.39, 0.29) is 0 Å². The minimum absolute atomic E-state index is 0.555. The van der Waals surface area contributed by atoms with Crippen LogP contribution in [0.15, 0.2) is 165 Å². The standard InChI is InChI=1S/C39H27N13/c1-16-43-37(44-17-1)49-25-22-40-34(49)28-4-10-31(11-5-28)52(32-12-6-29(7-13-32)35-41-23-26-50(35)38-45-18-2-19-46-38)33-14-8-30(9-15-33)36-42-24-27-51(36)39-47-20-3-21-48-39/h1-27H. The summed E-state index contributed by atoms with van der Waals surface area (Å²) in [5.74, 6) is 3.90. The minimum atomic E-state index is 0.555. The third-order valence-corrected chi connectivity index (χ3v) is 8.38. The number of benzene rings is 3. The second-order valence-corrected chi connectivity index (χ2v) is 11.5.